The van der Waals surface area contributed by atoms with Gasteiger partial charge in [-0.2, -0.15) is 30.0 Å². The number of nitrogens with one attached hydrogen (secondary N) is 1. The van der Waals surface area contributed by atoms with Crippen LogP contribution >= 0.6 is 0 Å². The molecular weight excluding hydrogens is 353 g/mol. The van der Waals surface area contributed by atoms with Crippen molar-refractivity contribution in [1.82, 2.24) is 4.98 Å². The molecule has 13 heteroatoms. The van der Waals surface area contributed by atoms with Crippen molar-refractivity contribution in [3.63, 3.8) is 0 Å². The Morgan fingerprint density at radius 1 is 1.18 bits per heavy atom. The van der Waals surface area contributed by atoms with E-state index in [1.807, 2.05) is 0 Å². The Balaban J connectivity index is 2.57. The summed E-state index contributed by atoms with van der Waals surface area (Å²) in [5.41, 5.74) is -5.41. The molecule has 126 valence electrons. The second-order valence-corrected chi connectivity index (χ2v) is 7.52. The van der Waals surface area contributed by atoms with Gasteiger partial charge in [0.05, 0.1) is 0 Å². The lowest BCUT2D eigenvalue weighted by molar-refractivity contribution is -0.712. The minimum absolute atomic E-state index is 0.309. The van der Waals surface area contributed by atoms with Crippen molar-refractivity contribution in [3.8, 4) is 0 Å². The van der Waals surface area contributed by atoms with Crippen LogP contribution in [0.25, 0.3) is 0 Å². The quantitative estimate of drug-likeness (QED) is 0.495. The molecular formula is C9H11F3N2O6S2. The van der Waals surface area contributed by atoms with Crippen LogP contribution in [0.15, 0.2) is 24.5 Å². The molecule has 0 aliphatic heterocycles. The predicted octanol–water partition coefficient (Wildman–Crippen LogP) is -0.840. The standard InChI is InChI=1S/C9H11F3N2O6S2/c10-9(11,12)22(18,19)14(15)5-6-20-21(16,17)7-8-1-3-13-4-2-8/h1-4,14H,5-7H2. The summed E-state index contributed by atoms with van der Waals surface area (Å²) < 4.78 is 82.8. The Kier molecular flexibility index (Phi) is 5.86. The van der Waals surface area contributed by atoms with Crippen LogP contribution in [0, 0.1) is 5.21 Å². The lowest BCUT2D eigenvalue weighted by Crippen LogP contribution is -3.11. The topological polar surface area (TPSA) is 118 Å². The summed E-state index contributed by atoms with van der Waals surface area (Å²) in [6.45, 7) is -2.22. The van der Waals surface area contributed by atoms with Crippen LogP contribution in [0.3, 0.4) is 0 Å². The first-order chi connectivity index (χ1) is 9.96. The SMILES string of the molecule is O=S(=O)(Cc1ccncc1)OCC[NH+]([O-])S(=O)(=O)C(F)(F)F. The van der Waals surface area contributed by atoms with E-state index < -0.39 is 49.0 Å². The van der Waals surface area contributed by atoms with Gasteiger partial charge in [0.15, 0.2) is 0 Å². The zero-order valence-electron chi connectivity index (χ0n) is 10.8. The molecule has 22 heavy (non-hydrogen) atoms. The number of hydroxylamine groups is 1. The number of halogens is 3. The van der Waals surface area contributed by atoms with Crippen molar-refractivity contribution in [3.05, 3.63) is 35.3 Å². The Morgan fingerprint density at radius 2 is 1.73 bits per heavy atom. The Bertz CT molecular complexity index is 690. The van der Waals surface area contributed by atoms with E-state index in [4.69, 9.17) is 0 Å². The number of aromatic nitrogens is 1. The summed E-state index contributed by atoms with van der Waals surface area (Å²) in [6, 6.07) is 2.75. The zero-order valence-corrected chi connectivity index (χ0v) is 12.4. The Hall–Kier alpha value is -1.28. The molecule has 1 rings (SSSR count). The van der Waals surface area contributed by atoms with Crippen LogP contribution in [-0.2, 0) is 30.1 Å². The molecule has 1 heterocycles. The molecule has 1 unspecified atom stereocenters. The molecule has 0 spiro atoms. The van der Waals surface area contributed by atoms with Gasteiger partial charge in [-0.15, -0.1) is 0 Å². The Labute approximate surface area is 124 Å². The van der Waals surface area contributed by atoms with Crippen molar-refractivity contribution in [2.75, 3.05) is 13.2 Å². The first-order valence-corrected chi connectivity index (χ1v) is 8.62. The number of quaternary nitrogens is 1. The maximum atomic E-state index is 12.1. The monoisotopic (exact) mass is 364 g/mol. The third-order valence-corrected chi connectivity index (χ3v) is 4.89. The van der Waals surface area contributed by atoms with Gasteiger partial charge in [0.2, 0.25) is 0 Å². The molecule has 8 nitrogen and oxygen atoms in total. The highest BCUT2D eigenvalue weighted by atomic mass is 32.2. The molecule has 1 atom stereocenters. The van der Waals surface area contributed by atoms with Gasteiger partial charge in [-0.25, -0.2) is 0 Å². The minimum atomic E-state index is -5.98. The van der Waals surface area contributed by atoms with Crippen molar-refractivity contribution in [1.29, 1.82) is 0 Å². The molecule has 0 radical (unpaired) electrons. The molecule has 0 aliphatic rings. The largest absolute Gasteiger partial charge is 0.618 e. The van der Waals surface area contributed by atoms with Crippen molar-refractivity contribution in [2.45, 2.75) is 11.3 Å². The number of hydrogen-bond donors (Lipinski definition) is 1. The summed E-state index contributed by atoms with van der Waals surface area (Å²) >= 11 is 0. The second kappa shape index (κ2) is 6.87. The zero-order chi connectivity index (χ0) is 17.0. The van der Waals surface area contributed by atoms with E-state index in [2.05, 4.69) is 9.17 Å². The average Bonchev–Trinajstić information content (AvgIpc) is 2.37. The van der Waals surface area contributed by atoms with Crippen LogP contribution in [-0.4, -0.2) is 40.5 Å². The highest BCUT2D eigenvalue weighted by molar-refractivity contribution is 7.86. The fraction of sp³-hybridized carbons (Fsp3) is 0.444. The lowest BCUT2D eigenvalue weighted by atomic mass is 10.3. The normalized spacial score (nSPS) is 14.7. The second-order valence-electron chi connectivity index (χ2n) is 3.95. The molecule has 0 saturated heterocycles. The van der Waals surface area contributed by atoms with Gasteiger partial charge in [0.1, 0.15) is 18.9 Å². The summed E-state index contributed by atoms with van der Waals surface area (Å²) in [5, 5.41) is 11.0. The Morgan fingerprint density at radius 3 is 2.23 bits per heavy atom. The fourth-order valence-corrected chi connectivity index (χ4v) is 2.87. The highest BCUT2D eigenvalue weighted by Crippen LogP contribution is 2.19. The van der Waals surface area contributed by atoms with Gasteiger partial charge in [-0.05, 0) is 17.7 Å². The summed E-state index contributed by atoms with van der Waals surface area (Å²) in [4.78, 5) is 3.66. The van der Waals surface area contributed by atoms with Gasteiger partial charge in [0, 0.05) is 12.4 Å². The van der Waals surface area contributed by atoms with E-state index in [9.17, 15) is 35.2 Å². The van der Waals surface area contributed by atoms with E-state index in [0.29, 0.717) is 5.56 Å². The molecule has 0 fully saturated rings. The van der Waals surface area contributed by atoms with Crippen LogP contribution in [0.2, 0.25) is 0 Å². The van der Waals surface area contributed by atoms with Gasteiger partial charge in [0.25, 0.3) is 10.1 Å². The first kappa shape index (κ1) is 18.8. The molecule has 1 aromatic heterocycles. The van der Waals surface area contributed by atoms with Gasteiger partial charge in [-0.3, -0.25) is 13.6 Å². The van der Waals surface area contributed by atoms with Gasteiger partial charge >= 0.3 is 15.5 Å². The van der Waals surface area contributed by atoms with Crippen LogP contribution in [0.1, 0.15) is 5.56 Å². The maximum Gasteiger partial charge on any atom is 0.549 e. The molecule has 0 bridgehead atoms. The lowest BCUT2D eigenvalue weighted by Gasteiger charge is -2.21. The summed E-state index contributed by atoms with van der Waals surface area (Å²) in [5.74, 6) is -0.588. The molecule has 0 aliphatic carbocycles. The molecule has 0 amide bonds. The molecule has 0 saturated carbocycles. The highest BCUT2D eigenvalue weighted by Gasteiger charge is 2.51. The van der Waals surface area contributed by atoms with Crippen molar-refractivity contribution in [2.24, 2.45) is 0 Å². The number of hydrogen-bond acceptors (Lipinski definition) is 7. The van der Waals surface area contributed by atoms with E-state index in [-0.39, 0.29) is 0 Å². The molecule has 1 aromatic rings. The maximum absolute atomic E-state index is 12.1. The first-order valence-electron chi connectivity index (χ1n) is 5.56. The third kappa shape index (κ3) is 5.17. The molecule has 1 N–H and O–H groups in total. The number of alkyl halides is 3. The molecule has 0 aromatic carbocycles. The van der Waals surface area contributed by atoms with Gasteiger partial charge in [-0.1, -0.05) is 0 Å². The van der Waals surface area contributed by atoms with E-state index in [0.717, 1.165) is 0 Å². The van der Waals surface area contributed by atoms with Crippen molar-refractivity contribution >= 4 is 20.1 Å². The van der Waals surface area contributed by atoms with Gasteiger partial charge < -0.3 is 5.21 Å². The van der Waals surface area contributed by atoms with Crippen LogP contribution < -0.4 is 4.47 Å². The summed E-state index contributed by atoms with van der Waals surface area (Å²) in [7, 11) is -10.1. The van der Waals surface area contributed by atoms with E-state index in [1.54, 1.807) is 0 Å². The smallest absolute Gasteiger partial charge is 0.549 e. The number of pyridine rings is 1. The van der Waals surface area contributed by atoms with E-state index >= 15 is 0 Å². The van der Waals surface area contributed by atoms with Crippen LogP contribution in [0.5, 0.6) is 0 Å². The van der Waals surface area contributed by atoms with Crippen LogP contribution in [0.4, 0.5) is 13.2 Å². The number of rotatable bonds is 7. The minimum Gasteiger partial charge on any atom is -0.618 e. The number of nitrogens with zero attached hydrogens (tertiary/aromatic N) is 1. The summed E-state index contributed by atoms with van der Waals surface area (Å²) in [6.07, 6.45) is 2.65. The predicted molar refractivity (Wildman–Crippen MR) is 67.0 cm³/mol. The van der Waals surface area contributed by atoms with Crippen molar-refractivity contribution < 1.29 is 38.7 Å². The number of sulfonamides is 1. The average molecular weight is 364 g/mol. The third-order valence-electron chi connectivity index (χ3n) is 2.27. The fourth-order valence-electron chi connectivity index (χ4n) is 1.24. The van der Waals surface area contributed by atoms with E-state index in [1.165, 1.54) is 24.5 Å².